The molecule has 1 aromatic carbocycles. The Morgan fingerprint density at radius 2 is 2.17 bits per heavy atom. The summed E-state index contributed by atoms with van der Waals surface area (Å²) in [5.74, 6) is 1.62. The van der Waals surface area contributed by atoms with Gasteiger partial charge in [-0.1, -0.05) is 6.92 Å². The maximum absolute atomic E-state index is 5.86. The van der Waals surface area contributed by atoms with Crippen molar-refractivity contribution in [3.63, 3.8) is 0 Å². The molecule has 1 aromatic heterocycles. The molecule has 5 heteroatoms. The molecule has 1 aliphatic rings. The molecule has 0 bridgehead atoms. The third-order valence-corrected chi connectivity index (χ3v) is 4.34. The molecule has 2 aromatic rings. The molecule has 2 heterocycles. The number of nitrogens with zero attached hydrogens (tertiary/aromatic N) is 1. The fourth-order valence-electron chi connectivity index (χ4n) is 3.06. The number of pyridine rings is 1. The van der Waals surface area contributed by atoms with Crippen LogP contribution in [0.15, 0.2) is 18.3 Å². The third-order valence-electron chi connectivity index (χ3n) is 4.34. The Bertz CT molecular complexity index is 688. The van der Waals surface area contributed by atoms with E-state index in [0.717, 1.165) is 59.5 Å². The summed E-state index contributed by atoms with van der Waals surface area (Å²) in [5.41, 5.74) is 8.75. The maximum atomic E-state index is 5.86. The van der Waals surface area contributed by atoms with Gasteiger partial charge in [0.05, 0.1) is 16.6 Å². The number of nitrogens with two attached hydrogens (primary N) is 1. The molecule has 0 saturated carbocycles. The number of hydrogen-bond donors (Lipinski definition) is 2. The summed E-state index contributed by atoms with van der Waals surface area (Å²) >= 11 is 0. The first-order valence-electron chi connectivity index (χ1n) is 8.39. The number of benzene rings is 1. The minimum absolute atomic E-state index is 0.381. The minimum atomic E-state index is 0.381. The van der Waals surface area contributed by atoms with Gasteiger partial charge >= 0.3 is 0 Å². The van der Waals surface area contributed by atoms with Crippen LogP contribution in [0.25, 0.3) is 10.9 Å². The predicted molar refractivity (Wildman–Crippen MR) is 93.5 cm³/mol. The van der Waals surface area contributed by atoms with E-state index in [1.807, 2.05) is 18.3 Å². The first kappa shape index (κ1) is 15.9. The third kappa shape index (κ3) is 3.20. The lowest BCUT2D eigenvalue weighted by atomic mass is 10.0. The van der Waals surface area contributed by atoms with E-state index in [1.54, 1.807) is 0 Å². The van der Waals surface area contributed by atoms with E-state index in [-0.39, 0.29) is 0 Å². The van der Waals surface area contributed by atoms with Gasteiger partial charge < -0.3 is 20.5 Å². The summed E-state index contributed by atoms with van der Waals surface area (Å²) in [7, 11) is 0. The van der Waals surface area contributed by atoms with Gasteiger partial charge in [0.25, 0.3) is 0 Å². The van der Waals surface area contributed by atoms with Gasteiger partial charge in [0, 0.05) is 18.3 Å². The zero-order valence-corrected chi connectivity index (χ0v) is 13.9. The van der Waals surface area contributed by atoms with Crippen LogP contribution in [0, 0.1) is 6.92 Å². The Kier molecular flexibility index (Phi) is 4.86. The van der Waals surface area contributed by atoms with Crippen molar-refractivity contribution in [3.05, 3.63) is 23.9 Å². The Morgan fingerprint density at radius 3 is 2.96 bits per heavy atom. The fourth-order valence-corrected chi connectivity index (χ4v) is 3.06. The van der Waals surface area contributed by atoms with Crippen molar-refractivity contribution in [2.45, 2.75) is 39.2 Å². The highest BCUT2D eigenvalue weighted by Crippen LogP contribution is 2.42. The van der Waals surface area contributed by atoms with Crippen LogP contribution in [0.5, 0.6) is 11.5 Å². The average Bonchev–Trinajstić information content (AvgIpc) is 2.58. The largest absolute Gasteiger partial charge is 0.486 e. The molecule has 124 valence electrons. The van der Waals surface area contributed by atoms with Gasteiger partial charge in [-0.15, -0.1) is 0 Å². The molecule has 0 radical (unpaired) electrons. The number of fused-ring (bicyclic) bond motifs is 3. The van der Waals surface area contributed by atoms with E-state index in [2.05, 4.69) is 24.1 Å². The molecule has 0 amide bonds. The molecular formula is C18H25N3O2. The van der Waals surface area contributed by atoms with Crippen molar-refractivity contribution in [3.8, 4) is 11.5 Å². The number of aromatic nitrogens is 1. The SMILES string of the molecule is CCC(CCCN)Nc1cc2c(c3c(C)ccnc13)OCCO2. The van der Waals surface area contributed by atoms with Gasteiger partial charge in [-0.2, -0.15) is 0 Å². The van der Waals surface area contributed by atoms with Gasteiger partial charge in [0.15, 0.2) is 11.5 Å². The van der Waals surface area contributed by atoms with E-state index < -0.39 is 0 Å². The van der Waals surface area contributed by atoms with Crippen molar-refractivity contribution < 1.29 is 9.47 Å². The predicted octanol–water partition coefficient (Wildman–Crippen LogP) is 3.24. The van der Waals surface area contributed by atoms with E-state index >= 15 is 0 Å². The Labute approximate surface area is 137 Å². The van der Waals surface area contributed by atoms with Crippen molar-refractivity contribution in [1.29, 1.82) is 0 Å². The van der Waals surface area contributed by atoms with Crippen LogP contribution < -0.4 is 20.5 Å². The summed E-state index contributed by atoms with van der Waals surface area (Å²) in [4.78, 5) is 4.59. The summed E-state index contributed by atoms with van der Waals surface area (Å²) in [5, 5.41) is 4.67. The molecule has 3 N–H and O–H groups in total. The zero-order valence-electron chi connectivity index (χ0n) is 13.9. The second-order valence-corrected chi connectivity index (χ2v) is 5.98. The lowest BCUT2D eigenvalue weighted by molar-refractivity contribution is 0.174. The molecule has 23 heavy (non-hydrogen) atoms. The molecule has 0 aliphatic carbocycles. The molecule has 1 atom stereocenters. The van der Waals surface area contributed by atoms with Crippen molar-refractivity contribution in [2.75, 3.05) is 25.1 Å². The van der Waals surface area contributed by atoms with Crippen LogP contribution in [-0.2, 0) is 0 Å². The number of ether oxygens (including phenoxy) is 2. The monoisotopic (exact) mass is 315 g/mol. The second kappa shape index (κ2) is 7.04. The molecule has 5 nitrogen and oxygen atoms in total. The first-order valence-corrected chi connectivity index (χ1v) is 8.39. The van der Waals surface area contributed by atoms with E-state index in [9.17, 15) is 0 Å². The first-order chi connectivity index (χ1) is 11.2. The zero-order chi connectivity index (χ0) is 16.2. The van der Waals surface area contributed by atoms with E-state index in [1.165, 1.54) is 0 Å². The van der Waals surface area contributed by atoms with Crippen LogP contribution in [0.4, 0.5) is 5.69 Å². The number of rotatable bonds is 6. The summed E-state index contributed by atoms with van der Waals surface area (Å²) < 4.78 is 11.7. The van der Waals surface area contributed by atoms with Gasteiger partial charge in [0.2, 0.25) is 0 Å². The second-order valence-electron chi connectivity index (χ2n) is 5.98. The molecular weight excluding hydrogens is 290 g/mol. The van der Waals surface area contributed by atoms with E-state index in [0.29, 0.717) is 19.3 Å². The molecule has 0 saturated heterocycles. The highest BCUT2D eigenvalue weighted by atomic mass is 16.6. The quantitative estimate of drug-likeness (QED) is 0.856. The van der Waals surface area contributed by atoms with Gasteiger partial charge in [-0.3, -0.25) is 4.98 Å². The molecule has 0 fully saturated rings. The van der Waals surface area contributed by atoms with Crippen LogP contribution >= 0.6 is 0 Å². The Balaban J connectivity index is 2.04. The van der Waals surface area contributed by atoms with E-state index in [4.69, 9.17) is 15.2 Å². The van der Waals surface area contributed by atoms with Gasteiger partial charge in [-0.05, 0) is 44.4 Å². The summed E-state index contributed by atoms with van der Waals surface area (Å²) in [6, 6.07) is 4.41. The van der Waals surface area contributed by atoms with Gasteiger partial charge in [0.1, 0.15) is 13.2 Å². The van der Waals surface area contributed by atoms with Crippen LogP contribution in [-0.4, -0.2) is 30.8 Å². The van der Waals surface area contributed by atoms with Gasteiger partial charge in [-0.25, -0.2) is 0 Å². The lowest BCUT2D eigenvalue weighted by Gasteiger charge is -2.24. The van der Waals surface area contributed by atoms with Crippen LogP contribution in [0.3, 0.4) is 0 Å². The molecule has 1 aliphatic heterocycles. The number of anilines is 1. The standard InChI is InChI=1S/C18H25N3O2/c1-3-13(5-4-7-19)21-14-11-15-18(23-10-9-22-15)16-12(2)6-8-20-17(14)16/h6,8,11,13,21H,3-5,7,9-10,19H2,1-2H3. The topological polar surface area (TPSA) is 69.4 Å². The Hall–Kier alpha value is -2.01. The van der Waals surface area contributed by atoms with Crippen molar-refractivity contribution >= 4 is 16.6 Å². The smallest absolute Gasteiger partial charge is 0.171 e. The normalized spacial score (nSPS) is 14.7. The maximum Gasteiger partial charge on any atom is 0.171 e. The minimum Gasteiger partial charge on any atom is -0.486 e. The fraction of sp³-hybridized carbons (Fsp3) is 0.500. The van der Waals surface area contributed by atoms with Crippen molar-refractivity contribution in [2.24, 2.45) is 5.73 Å². The average molecular weight is 315 g/mol. The highest BCUT2D eigenvalue weighted by Gasteiger charge is 2.21. The number of nitrogens with one attached hydrogen (secondary N) is 1. The van der Waals surface area contributed by atoms with Crippen LogP contribution in [0.1, 0.15) is 31.7 Å². The lowest BCUT2D eigenvalue weighted by Crippen LogP contribution is -2.21. The summed E-state index contributed by atoms with van der Waals surface area (Å²) in [6.45, 7) is 6.15. The highest BCUT2D eigenvalue weighted by molar-refractivity contribution is 5.99. The Morgan fingerprint density at radius 1 is 1.35 bits per heavy atom. The molecule has 0 spiro atoms. The molecule has 1 unspecified atom stereocenters. The summed E-state index contributed by atoms with van der Waals surface area (Å²) in [6.07, 6.45) is 4.96. The van der Waals surface area contributed by atoms with Crippen LogP contribution in [0.2, 0.25) is 0 Å². The van der Waals surface area contributed by atoms with Crippen molar-refractivity contribution in [1.82, 2.24) is 4.98 Å². The molecule has 3 rings (SSSR count). The number of aryl methyl sites for hydroxylation is 1. The number of hydrogen-bond acceptors (Lipinski definition) is 5.